The molecule has 6 aromatic rings. The van der Waals surface area contributed by atoms with E-state index in [1.165, 1.54) is 49.0 Å². The van der Waals surface area contributed by atoms with Gasteiger partial charge in [-0.15, -0.1) is 18.2 Å². The normalized spacial score (nSPS) is 12.0. The van der Waals surface area contributed by atoms with Crippen molar-refractivity contribution in [3.63, 3.8) is 0 Å². The molecule has 2 aromatic heterocycles. The van der Waals surface area contributed by atoms with Gasteiger partial charge in [-0.25, -0.2) is 0 Å². The molecule has 4 aromatic carbocycles. The molecule has 2 heterocycles. The summed E-state index contributed by atoms with van der Waals surface area (Å²) in [6.45, 7) is 6.46. The number of benzene rings is 4. The van der Waals surface area contributed by atoms with Crippen LogP contribution >= 0.6 is 0 Å². The average Bonchev–Trinajstić information content (AvgIpc) is 3.02. The van der Waals surface area contributed by atoms with Crippen molar-refractivity contribution < 1.29 is 20.1 Å². The fraction of sp³-hybridized carbons (Fsp3) is 0.125. The monoisotopic (exact) mass is 526 g/mol. The fourth-order valence-electron chi connectivity index (χ4n) is 4.77. The molecule has 133 valence electrons. The summed E-state index contributed by atoms with van der Waals surface area (Å²) in [5.41, 5.74) is 5.88. The standard InChI is InChI=1S/C24H17N2.Ir/c1-13-10-14(2)21-17-7-4-8-18-22(17)23-16(19(21)11-13)6-5-9-20(23)26-12-15(3)25-24(18)26;/h4-7,9-12H,1-3H3;/q-1;. The molecule has 0 unspecified atom stereocenters. The van der Waals surface area contributed by atoms with Crippen molar-refractivity contribution in [2.24, 2.45) is 0 Å². The van der Waals surface area contributed by atoms with E-state index >= 15 is 0 Å². The fourth-order valence-corrected chi connectivity index (χ4v) is 4.77. The first-order chi connectivity index (χ1) is 12.6. The second-order valence-corrected chi connectivity index (χ2v) is 7.42. The quantitative estimate of drug-likeness (QED) is 0.133. The van der Waals surface area contributed by atoms with Gasteiger partial charge in [-0.3, -0.25) is 4.98 Å². The number of aromatic nitrogens is 2. The first kappa shape index (κ1) is 16.7. The van der Waals surface area contributed by atoms with E-state index < -0.39 is 0 Å². The van der Waals surface area contributed by atoms with E-state index in [1.807, 2.05) is 6.07 Å². The van der Waals surface area contributed by atoms with Crippen LogP contribution in [-0.2, 0) is 20.1 Å². The van der Waals surface area contributed by atoms with Crippen LogP contribution in [0.1, 0.15) is 16.8 Å². The second-order valence-electron chi connectivity index (χ2n) is 7.42. The number of aryl methyl sites for hydroxylation is 3. The van der Waals surface area contributed by atoms with E-state index in [0.29, 0.717) is 0 Å². The van der Waals surface area contributed by atoms with Gasteiger partial charge < -0.3 is 4.40 Å². The third-order valence-corrected chi connectivity index (χ3v) is 5.64. The summed E-state index contributed by atoms with van der Waals surface area (Å²) in [4.78, 5) is 4.81. The molecule has 0 aliphatic rings. The van der Waals surface area contributed by atoms with Crippen molar-refractivity contribution in [1.82, 2.24) is 9.38 Å². The summed E-state index contributed by atoms with van der Waals surface area (Å²) in [6.07, 6.45) is 2.13. The Balaban J connectivity index is 0.00000160. The van der Waals surface area contributed by atoms with Crippen molar-refractivity contribution in [3.05, 3.63) is 71.5 Å². The second kappa shape index (κ2) is 5.51. The Morgan fingerprint density at radius 3 is 2.59 bits per heavy atom. The van der Waals surface area contributed by atoms with E-state index in [0.717, 1.165) is 16.7 Å². The van der Waals surface area contributed by atoms with E-state index in [-0.39, 0.29) is 20.1 Å². The number of imidazole rings is 1. The first-order valence-corrected chi connectivity index (χ1v) is 9.00. The number of hydrogen-bond donors (Lipinski definition) is 0. The van der Waals surface area contributed by atoms with Crippen molar-refractivity contribution in [3.8, 4) is 0 Å². The maximum atomic E-state index is 4.81. The van der Waals surface area contributed by atoms with Gasteiger partial charge in [-0.1, -0.05) is 46.0 Å². The van der Waals surface area contributed by atoms with Gasteiger partial charge in [-0.2, -0.15) is 0 Å². The van der Waals surface area contributed by atoms with Gasteiger partial charge in [0, 0.05) is 37.5 Å². The largest absolute Gasteiger partial charge is 0.340 e. The zero-order valence-corrected chi connectivity index (χ0v) is 17.7. The molecule has 0 saturated carbocycles. The van der Waals surface area contributed by atoms with Crippen LogP contribution in [0, 0.1) is 26.8 Å². The van der Waals surface area contributed by atoms with Crippen LogP contribution in [0.4, 0.5) is 0 Å². The number of nitrogens with zero attached hydrogens (tertiary/aromatic N) is 2. The molecule has 0 amide bonds. The predicted octanol–water partition coefficient (Wildman–Crippen LogP) is 6.11. The van der Waals surface area contributed by atoms with E-state index in [1.54, 1.807) is 0 Å². The first-order valence-electron chi connectivity index (χ1n) is 9.00. The Kier molecular flexibility index (Phi) is 3.40. The zero-order chi connectivity index (χ0) is 17.6. The molecule has 27 heavy (non-hydrogen) atoms. The molecular formula is C24H17IrN2-. The maximum Gasteiger partial charge on any atom is 0.0612 e. The SMILES string of the molecule is Cc1cc(C)c2c(c1)c1cccc3c1c1c([c-]ccc21)c1nc(C)cn31.[Ir]. The van der Waals surface area contributed by atoms with Crippen LogP contribution in [0.3, 0.4) is 0 Å². The number of hydrogen-bond acceptors (Lipinski definition) is 1. The van der Waals surface area contributed by atoms with Crippen LogP contribution in [-0.4, -0.2) is 9.38 Å². The summed E-state index contributed by atoms with van der Waals surface area (Å²) in [7, 11) is 0. The summed E-state index contributed by atoms with van der Waals surface area (Å²) in [5.74, 6) is 0. The van der Waals surface area contributed by atoms with Gasteiger partial charge in [0.2, 0.25) is 0 Å². The molecular weight excluding hydrogens is 508 g/mol. The number of rotatable bonds is 0. The van der Waals surface area contributed by atoms with Crippen LogP contribution in [0.5, 0.6) is 0 Å². The summed E-state index contributed by atoms with van der Waals surface area (Å²) in [6, 6.07) is 19.0. The molecule has 1 radical (unpaired) electrons. The molecule has 0 N–H and O–H groups in total. The average molecular weight is 526 g/mol. The number of fused-ring (bicyclic) bond motifs is 6. The molecule has 0 atom stereocenters. The minimum atomic E-state index is 0. The molecule has 0 saturated heterocycles. The summed E-state index contributed by atoms with van der Waals surface area (Å²) in [5, 5.41) is 9.02. The molecule has 3 heteroatoms. The molecule has 6 rings (SSSR count). The minimum absolute atomic E-state index is 0. The van der Waals surface area contributed by atoms with E-state index in [9.17, 15) is 0 Å². The predicted molar refractivity (Wildman–Crippen MR) is 109 cm³/mol. The van der Waals surface area contributed by atoms with Gasteiger partial charge in [0.15, 0.2) is 0 Å². The third kappa shape index (κ3) is 2.02. The molecule has 2 nitrogen and oxygen atoms in total. The molecule has 0 aliphatic carbocycles. The van der Waals surface area contributed by atoms with Crippen molar-refractivity contribution in [2.45, 2.75) is 20.8 Å². The minimum Gasteiger partial charge on any atom is -0.340 e. The Bertz CT molecular complexity index is 1510. The van der Waals surface area contributed by atoms with Crippen LogP contribution in [0.2, 0.25) is 0 Å². The Morgan fingerprint density at radius 2 is 1.74 bits per heavy atom. The Hall–Kier alpha value is -2.48. The van der Waals surface area contributed by atoms with Crippen LogP contribution < -0.4 is 0 Å². The topological polar surface area (TPSA) is 17.3 Å². The van der Waals surface area contributed by atoms with Crippen molar-refractivity contribution >= 4 is 48.9 Å². The van der Waals surface area contributed by atoms with E-state index in [2.05, 4.69) is 73.8 Å². The summed E-state index contributed by atoms with van der Waals surface area (Å²) >= 11 is 0. The molecule has 0 spiro atoms. The Labute approximate surface area is 170 Å². The van der Waals surface area contributed by atoms with Gasteiger partial charge in [0.1, 0.15) is 0 Å². The van der Waals surface area contributed by atoms with Gasteiger partial charge in [0.05, 0.1) is 5.65 Å². The molecule has 0 aliphatic heterocycles. The molecule has 0 fully saturated rings. The zero-order valence-electron chi connectivity index (χ0n) is 15.3. The van der Waals surface area contributed by atoms with Gasteiger partial charge in [0.25, 0.3) is 0 Å². The molecule has 0 bridgehead atoms. The number of pyridine rings is 1. The van der Waals surface area contributed by atoms with E-state index in [4.69, 9.17) is 4.98 Å². The maximum absolute atomic E-state index is 4.81. The van der Waals surface area contributed by atoms with Crippen molar-refractivity contribution in [2.75, 3.05) is 0 Å². The van der Waals surface area contributed by atoms with Crippen LogP contribution in [0.25, 0.3) is 48.9 Å². The Morgan fingerprint density at radius 1 is 0.889 bits per heavy atom. The van der Waals surface area contributed by atoms with Gasteiger partial charge >= 0.3 is 0 Å². The summed E-state index contributed by atoms with van der Waals surface area (Å²) < 4.78 is 2.23. The van der Waals surface area contributed by atoms with Crippen LogP contribution in [0.15, 0.2) is 48.7 Å². The van der Waals surface area contributed by atoms with Gasteiger partial charge in [-0.05, 0) is 53.9 Å². The third-order valence-electron chi connectivity index (χ3n) is 5.64. The smallest absolute Gasteiger partial charge is 0.0612 e. The van der Waals surface area contributed by atoms with Crippen molar-refractivity contribution in [1.29, 1.82) is 0 Å².